The lowest BCUT2D eigenvalue weighted by Gasteiger charge is -2.43. The number of alkyl halides is 9. The average Bonchev–Trinajstić information content (AvgIpc) is 2.59. The predicted octanol–water partition coefficient (Wildman–Crippen LogP) is 6.90. The Bertz CT molecular complexity index is 539. The maximum Gasteiger partial charge on any atom is 0.397 e. The van der Waals surface area contributed by atoms with Crippen LogP contribution in [0.25, 0.3) is 0 Å². The van der Waals surface area contributed by atoms with E-state index in [4.69, 9.17) is 0 Å². The Morgan fingerprint density at radius 1 is 0.567 bits per heavy atom. The van der Waals surface area contributed by atoms with Crippen LogP contribution in [0, 0.1) is 23.7 Å². The van der Waals surface area contributed by atoms with Crippen LogP contribution in [-0.4, -0.2) is 43.1 Å². The van der Waals surface area contributed by atoms with Crippen LogP contribution in [0.15, 0.2) is 0 Å². The van der Waals surface area contributed by atoms with Crippen molar-refractivity contribution in [2.75, 3.05) is 0 Å². The number of halogens is 9. The highest BCUT2D eigenvalue weighted by molar-refractivity contribution is 4.96. The van der Waals surface area contributed by atoms with Gasteiger partial charge in [0.2, 0.25) is 0 Å². The summed E-state index contributed by atoms with van der Waals surface area (Å²) in [5.74, 6) is -5.62. The van der Waals surface area contributed by atoms with E-state index in [1.54, 1.807) is 0 Å². The van der Waals surface area contributed by atoms with E-state index in [2.05, 4.69) is 4.74 Å². The summed E-state index contributed by atoms with van der Waals surface area (Å²) in [5, 5.41) is 0. The van der Waals surface area contributed by atoms with Gasteiger partial charge in [-0.15, -0.1) is 0 Å². The monoisotopic (exact) mass is 454 g/mol. The molecule has 4 unspecified atom stereocenters. The number of rotatable bonds is 4. The zero-order valence-electron chi connectivity index (χ0n) is 16.4. The van der Waals surface area contributed by atoms with Crippen molar-refractivity contribution in [3.05, 3.63) is 0 Å². The van der Waals surface area contributed by atoms with Crippen LogP contribution in [-0.2, 0) is 4.74 Å². The molecule has 3 aliphatic carbocycles. The highest BCUT2D eigenvalue weighted by Gasteiger charge is 2.59. The van der Waals surface area contributed by atoms with Crippen LogP contribution < -0.4 is 0 Å². The van der Waals surface area contributed by atoms with E-state index in [0.29, 0.717) is 0 Å². The first-order chi connectivity index (χ1) is 13.9. The number of hydrogen-bond donors (Lipinski definition) is 0. The van der Waals surface area contributed by atoms with E-state index in [0.717, 1.165) is 32.1 Å². The van der Waals surface area contributed by atoms with E-state index >= 15 is 0 Å². The number of ether oxygens (including phenoxy) is 1. The van der Waals surface area contributed by atoms with Crippen molar-refractivity contribution >= 4 is 0 Å². The Labute approximate surface area is 169 Å². The second-order valence-electron chi connectivity index (χ2n) is 9.06. The first-order valence-electron chi connectivity index (χ1n) is 10.6. The Balaban J connectivity index is 1.62. The molecule has 0 aromatic carbocycles. The summed E-state index contributed by atoms with van der Waals surface area (Å²) in [5.41, 5.74) is 0. The molecule has 0 aliphatic heterocycles. The van der Waals surface area contributed by atoms with Crippen LogP contribution in [0.3, 0.4) is 0 Å². The highest BCUT2D eigenvalue weighted by atomic mass is 19.4. The fourth-order valence-corrected chi connectivity index (χ4v) is 5.53. The quantitative estimate of drug-likeness (QED) is 0.420. The molecule has 0 spiro atoms. The summed E-state index contributed by atoms with van der Waals surface area (Å²) < 4.78 is 129. The second kappa shape index (κ2) is 9.06. The smallest absolute Gasteiger partial charge is 0.317 e. The molecule has 0 aromatic rings. The Morgan fingerprint density at radius 3 is 1.50 bits per heavy atom. The minimum absolute atomic E-state index is 0.0861. The Hall–Kier alpha value is -0.670. The molecule has 4 atom stereocenters. The minimum atomic E-state index is -5.15. The lowest BCUT2D eigenvalue weighted by atomic mass is 9.69. The molecule has 0 heterocycles. The summed E-state index contributed by atoms with van der Waals surface area (Å²) in [4.78, 5) is 0. The largest absolute Gasteiger partial charge is 0.397 e. The first kappa shape index (κ1) is 24.0. The van der Waals surface area contributed by atoms with E-state index in [1.165, 1.54) is 0 Å². The van der Waals surface area contributed by atoms with Gasteiger partial charge in [-0.25, -0.2) is 17.6 Å². The average molecular weight is 454 g/mol. The minimum Gasteiger partial charge on any atom is -0.317 e. The van der Waals surface area contributed by atoms with Gasteiger partial charge in [0, 0.05) is 12.8 Å². The molecular weight excluding hydrogens is 427 g/mol. The molecule has 3 fully saturated rings. The number of hydrogen-bond acceptors (Lipinski definition) is 1. The maximum absolute atomic E-state index is 14.6. The standard InChI is InChI=1S/C20H27F9O/c21-13-6-11(10-4-2-1-3-5-10)7-14(22)18(13)20(28,29)30-12-8-15(23)17(16(24)9-12)19(25,26)27/h10-18H,1-9H2. The molecule has 176 valence electrons. The Morgan fingerprint density at radius 2 is 1.03 bits per heavy atom. The van der Waals surface area contributed by atoms with Gasteiger partial charge in [0.25, 0.3) is 0 Å². The summed E-state index contributed by atoms with van der Waals surface area (Å²) in [6.45, 7) is 0. The normalized spacial score (nSPS) is 42.3. The van der Waals surface area contributed by atoms with Gasteiger partial charge in [0.05, 0.1) is 6.10 Å². The van der Waals surface area contributed by atoms with E-state index < -0.39 is 67.8 Å². The van der Waals surface area contributed by atoms with E-state index in [1.807, 2.05) is 0 Å². The highest BCUT2D eigenvalue weighted by Crippen LogP contribution is 2.49. The molecule has 30 heavy (non-hydrogen) atoms. The molecule has 10 heteroatoms. The third kappa shape index (κ3) is 5.21. The molecule has 0 radical (unpaired) electrons. The van der Waals surface area contributed by atoms with Gasteiger partial charge in [-0.3, -0.25) is 0 Å². The Kier molecular flexibility index (Phi) is 7.24. The predicted molar refractivity (Wildman–Crippen MR) is 91.0 cm³/mol. The third-order valence-electron chi connectivity index (χ3n) is 7.00. The molecular formula is C20H27F9O. The van der Waals surface area contributed by atoms with Crippen LogP contribution in [0.4, 0.5) is 39.5 Å². The third-order valence-corrected chi connectivity index (χ3v) is 7.00. The van der Waals surface area contributed by atoms with E-state index in [9.17, 15) is 39.5 Å². The molecule has 0 N–H and O–H groups in total. The summed E-state index contributed by atoms with van der Waals surface area (Å²) in [6.07, 6.45) is -19.5. The fraction of sp³-hybridized carbons (Fsp3) is 1.00. The first-order valence-corrected chi connectivity index (χ1v) is 10.6. The molecule has 3 aliphatic rings. The lowest BCUT2D eigenvalue weighted by molar-refractivity contribution is -0.327. The van der Waals surface area contributed by atoms with Gasteiger partial charge in [0.15, 0.2) is 0 Å². The molecule has 1 nitrogen and oxygen atoms in total. The van der Waals surface area contributed by atoms with Crippen LogP contribution in [0.2, 0.25) is 0 Å². The zero-order valence-corrected chi connectivity index (χ0v) is 16.4. The summed E-state index contributed by atoms with van der Waals surface area (Å²) in [7, 11) is 0. The molecule has 0 bridgehead atoms. The van der Waals surface area contributed by atoms with Crippen molar-refractivity contribution in [2.24, 2.45) is 23.7 Å². The summed E-state index contributed by atoms with van der Waals surface area (Å²) in [6, 6.07) is 0. The topological polar surface area (TPSA) is 9.23 Å². The van der Waals surface area contributed by atoms with Crippen LogP contribution in [0.1, 0.15) is 57.8 Å². The van der Waals surface area contributed by atoms with Gasteiger partial charge in [0.1, 0.15) is 36.5 Å². The van der Waals surface area contributed by atoms with Gasteiger partial charge in [-0.05, 0) is 24.7 Å². The fourth-order valence-electron chi connectivity index (χ4n) is 5.53. The van der Waals surface area contributed by atoms with Crippen LogP contribution >= 0.6 is 0 Å². The molecule has 3 saturated carbocycles. The SMILES string of the molecule is FC1CC(OC(F)(F)C2C(F)CC(C3CCCCC3)CC2F)CC(F)C1C(F)(F)F. The van der Waals surface area contributed by atoms with Crippen molar-refractivity contribution < 1.29 is 44.3 Å². The second-order valence-corrected chi connectivity index (χ2v) is 9.06. The lowest BCUT2D eigenvalue weighted by Crippen LogP contribution is -2.52. The van der Waals surface area contributed by atoms with E-state index in [-0.39, 0.29) is 24.7 Å². The zero-order chi connectivity index (χ0) is 22.3. The molecule has 0 amide bonds. The maximum atomic E-state index is 14.6. The van der Waals surface area contributed by atoms with Crippen molar-refractivity contribution in [1.82, 2.24) is 0 Å². The molecule has 0 saturated heterocycles. The molecule has 3 rings (SSSR count). The van der Waals surface area contributed by atoms with Gasteiger partial charge < -0.3 is 4.74 Å². The van der Waals surface area contributed by atoms with Gasteiger partial charge >= 0.3 is 12.3 Å². The summed E-state index contributed by atoms with van der Waals surface area (Å²) >= 11 is 0. The van der Waals surface area contributed by atoms with Crippen molar-refractivity contribution in [2.45, 2.75) is 101 Å². The van der Waals surface area contributed by atoms with Gasteiger partial charge in [-0.1, -0.05) is 32.1 Å². The molecule has 0 aromatic heterocycles. The van der Waals surface area contributed by atoms with Crippen molar-refractivity contribution in [1.29, 1.82) is 0 Å². The van der Waals surface area contributed by atoms with Crippen molar-refractivity contribution in [3.8, 4) is 0 Å². The van der Waals surface area contributed by atoms with Crippen molar-refractivity contribution in [3.63, 3.8) is 0 Å². The van der Waals surface area contributed by atoms with Gasteiger partial charge in [-0.2, -0.15) is 22.0 Å². The van der Waals surface area contributed by atoms with Crippen LogP contribution in [0.5, 0.6) is 0 Å².